The fourth-order valence-electron chi connectivity index (χ4n) is 2.94. The first-order valence-corrected chi connectivity index (χ1v) is 10.6. The number of hydrogen-bond acceptors (Lipinski definition) is 4. The Morgan fingerprint density at radius 3 is 2.52 bits per heavy atom. The van der Waals surface area contributed by atoms with Gasteiger partial charge in [-0.2, -0.15) is 0 Å². The van der Waals surface area contributed by atoms with Crippen molar-refractivity contribution in [3.8, 4) is 11.5 Å². The molecule has 0 aliphatic rings. The summed E-state index contributed by atoms with van der Waals surface area (Å²) in [5, 5.41) is 2.99. The van der Waals surface area contributed by atoms with Gasteiger partial charge in [0.2, 0.25) is 0 Å². The van der Waals surface area contributed by atoms with Crippen molar-refractivity contribution in [2.75, 3.05) is 18.7 Å². The van der Waals surface area contributed by atoms with Gasteiger partial charge in [0, 0.05) is 16.0 Å². The molecule has 0 unspecified atom stereocenters. The highest BCUT2D eigenvalue weighted by Gasteiger charge is 2.13. The average molecular weight is 408 g/mol. The molecule has 0 aliphatic carbocycles. The van der Waals surface area contributed by atoms with Crippen LogP contribution in [-0.2, 0) is 6.61 Å². The largest absolute Gasteiger partial charge is 0.496 e. The zero-order chi connectivity index (χ0) is 20.8. The predicted molar refractivity (Wildman–Crippen MR) is 119 cm³/mol. The normalized spacial score (nSPS) is 10.5. The molecule has 0 fully saturated rings. The van der Waals surface area contributed by atoms with Crippen LogP contribution < -0.4 is 14.8 Å². The number of anilines is 1. The molecule has 29 heavy (non-hydrogen) atoms. The van der Waals surface area contributed by atoms with Gasteiger partial charge in [-0.25, -0.2) is 0 Å². The van der Waals surface area contributed by atoms with E-state index in [9.17, 15) is 4.79 Å². The van der Waals surface area contributed by atoms with Crippen LogP contribution in [0.2, 0.25) is 0 Å². The Labute approximate surface area is 176 Å². The molecule has 0 saturated carbocycles. The minimum Gasteiger partial charge on any atom is -0.496 e. The van der Waals surface area contributed by atoms with Gasteiger partial charge in [0.25, 0.3) is 5.91 Å². The van der Waals surface area contributed by atoms with Crippen LogP contribution in [-0.4, -0.2) is 19.3 Å². The molecule has 0 radical (unpaired) electrons. The van der Waals surface area contributed by atoms with Crippen molar-refractivity contribution in [3.63, 3.8) is 0 Å². The number of aryl methyl sites for hydroxylation is 2. The number of thioether (sulfide) groups is 1. The highest BCUT2D eigenvalue weighted by molar-refractivity contribution is 7.98. The topological polar surface area (TPSA) is 47.6 Å². The molecule has 0 saturated heterocycles. The van der Waals surface area contributed by atoms with E-state index in [-0.39, 0.29) is 5.91 Å². The van der Waals surface area contributed by atoms with Gasteiger partial charge in [-0.05, 0) is 73.7 Å². The van der Waals surface area contributed by atoms with Gasteiger partial charge in [0.05, 0.1) is 12.8 Å². The van der Waals surface area contributed by atoms with Crippen LogP contribution in [0.4, 0.5) is 5.69 Å². The molecule has 0 aliphatic heterocycles. The summed E-state index contributed by atoms with van der Waals surface area (Å²) in [5.74, 6) is 1.32. The molecule has 3 aromatic carbocycles. The third-order valence-corrected chi connectivity index (χ3v) is 5.57. The van der Waals surface area contributed by atoms with Gasteiger partial charge in [-0.1, -0.05) is 18.2 Å². The number of carbonyl (C=O) groups is 1. The maximum atomic E-state index is 12.8. The van der Waals surface area contributed by atoms with Crippen molar-refractivity contribution in [2.24, 2.45) is 0 Å². The van der Waals surface area contributed by atoms with Gasteiger partial charge >= 0.3 is 0 Å². The average Bonchev–Trinajstić information content (AvgIpc) is 2.74. The number of carbonyl (C=O) groups excluding carboxylic acids is 1. The number of para-hydroxylation sites is 1. The maximum Gasteiger partial charge on any atom is 0.255 e. The summed E-state index contributed by atoms with van der Waals surface area (Å²) >= 11 is 1.59. The van der Waals surface area contributed by atoms with Crippen LogP contribution >= 0.6 is 11.8 Å². The van der Waals surface area contributed by atoms with Gasteiger partial charge < -0.3 is 14.8 Å². The van der Waals surface area contributed by atoms with E-state index in [0.29, 0.717) is 17.9 Å². The number of benzene rings is 3. The molecule has 0 atom stereocenters. The zero-order valence-corrected chi connectivity index (χ0v) is 17.9. The molecule has 0 heterocycles. The fraction of sp³-hybridized carbons (Fsp3) is 0.208. The van der Waals surface area contributed by atoms with Crippen LogP contribution in [0.3, 0.4) is 0 Å². The lowest BCUT2D eigenvalue weighted by Crippen LogP contribution is -2.13. The summed E-state index contributed by atoms with van der Waals surface area (Å²) < 4.78 is 11.4. The zero-order valence-electron chi connectivity index (χ0n) is 17.1. The van der Waals surface area contributed by atoms with Crippen LogP contribution in [0, 0.1) is 13.8 Å². The van der Waals surface area contributed by atoms with Crippen molar-refractivity contribution in [3.05, 3.63) is 82.9 Å². The Hall–Kier alpha value is -2.92. The third-order valence-electron chi connectivity index (χ3n) is 4.77. The van der Waals surface area contributed by atoms with Gasteiger partial charge in [-0.3, -0.25) is 4.79 Å². The summed E-state index contributed by atoms with van der Waals surface area (Å²) in [7, 11) is 1.61. The standard InChI is InChI=1S/C24H25NO3S/c1-16-9-11-20(13-17(16)2)28-15-19-14-18(10-12-22(19)27-3)24(26)25-21-7-5-6-8-23(21)29-4/h5-14H,15H2,1-4H3,(H,25,26). The van der Waals surface area contributed by atoms with Crippen molar-refractivity contribution in [1.29, 1.82) is 0 Å². The number of hydrogen-bond donors (Lipinski definition) is 1. The fourth-order valence-corrected chi connectivity index (χ4v) is 3.49. The monoisotopic (exact) mass is 407 g/mol. The quantitative estimate of drug-likeness (QED) is 0.498. The van der Waals surface area contributed by atoms with Crippen LogP contribution in [0.5, 0.6) is 11.5 Å². The van der Waals surface area contributed by atoms with Crippen molar-refractivity contribution in [2.45, 2.75) is 25.3 Å². The number of rotatable bonds is 7. The number of ether oxygens (including phenoxy) is 2. The summed E-state index contributed by atoms with van der Waals surface area (Å²) in [6, 6.07) is 19.1. The molecule has 1 N–H and O–H groups in total. The summed E-state index contributed by atoms with van der Waals surface area (Å²) in [5.41, 5.74) is 4.57. The van der Waals surface area contributed by atoms with E-state index in [0.717, 1.165) is 21.9 Å². The lowest BCUT2D eigenvalue weighted by molar-refractivity contribution is 0.102. The number of methoxy groups -OCH3 is 1. The van der Waals surface area contributed by atoms with Crippen molar-refractivity contribution < 1.29 is 14.3 Å². The van der Waals surface area contributed by atoms with Crippen LogP contribution in [0.25, 0.3) is 0 Å². The second-order valence-electron chi connectivity index (χ2n) is 6.72. The van der Waals surface area contributed by atoms with E-state index in [2.05, 4.69) is 19.2 Å². The molecular formula is C24H25NO3S. The van der Waals surface area contributed by atoms with Gasteiger partial charge in [-0.15, -0.1) is 11.8 Å². The minimum atomic E-state index is -0.165. The van der Waals surface area contributed by atoms with E-state index in [1.54, 1.807) is 31.0 Å². The molecule has 3 rings (SSSR count). The highest BCUT2D eigenvalue weighted by Crippen LogP contribution is 2.27. The first kappa shape index (κ1) is 20.8. The third kappa shape index (κ3) is 5.12. The molecular weight excluding hydrogens is 382 g/mol. The van der Waals surface area contributed by atoms with Crippen LogP contribution in [0.1, 0.15) is 27.0 Å². The second-order valence-corrected chi connectivity index (χ2v) is 7.56. The highest BCUT2D eigenvalue weighted by atomic mass is 32.2. The molecule has 4 nitrogen and oxygen atoms in total. The van der Waals surface area contributed by atoms with Gasteiger partial charge in [0.1, 0.15) is 18.1 Å². The predicted octanol–water partition coefficient (Wildman–Crippen LogP) is 5.87. The maximum absolute atomic E-state index is 12.8. The van der Waals surface area contributed by atoms with E-state index in [4.69, 9.17) is 9.47 Å². The Morgan fingerprint density at radius 1 is 1.00 bits per heavy atom. The Balaban J connectivity index is 1.78. The lowest BCUT2D eigenvalue weighted by Gasteiger charge is -2.14. The Kier molecular flexibility index (Phi) is 6.83. The van der Waals surface area contributed by atoms with E-state index >= 15 is 0 Å². The first-order chi connectivity index (χ1) is 14.0. The summed E-state index contributed by atoms with van der Waals surface area (Å²) in [4.78, 5) is 13.8. The Bertz CT molecular complexity index is 1020. The molecule has 0 bridgehead atoms. The molecule has 5 heteroatoms. The van der Waals surface area contributed by atoms with Crippen molar-refractivity contribution in [1.82, 2.24) is 0 Å². The second kappa shape index (κ2) is 9.52. The lowest BCUT2D eigenvalue weighted by atomic mass is 10.1. The van der Waals surface area contributed by atoms with Crippen LogP contribution in [0.15, 0.2) is 65.6 Å². The number of amides is 1. The smallest absolute Gasteiger partial charge is 0.255 e. The summed E-state index contributed by atoms with van der Waals surface area (Å²) in [6.45, 7) is 4.44. The van der Waals surface area contributed by atoms with Gasteiger partial charge in [0.15, 0.2) is 0 Å². The molecule has 3 aromatic rings. The molecule has 1 amide bonds. The number of nitrogens with one attached hydrogen (secondary N) is 1. The van der Waals surface area contributed by atoms with E-state index in [1.165, 1.54) is 11.1 Å². The molecule has 150 valence electrons. The molecule has 0 aromatic heterocycles. The SMILES string of the molecule is COc1ccc(C(=O)Nc2ccccc2SC)cc1COc1ccc(C)c(C)c1. The first-order valence-electron chi connectivity index (χ1n) is 9.33. The molecule has 0 spiro atoms. The van der Waals surface area contributed by atoms with E-state index < -0.39 is 0 Å². The summed E-state index contributed by atoms with van der Waals surface area (Å²) in [6.07, 6.45) is 1.99. The Morgan fingerprint density at radius 2 is 1.79 bits per heavy atom. The minimum absolute atomic E-state index is 0.165. The van der Waals surface area contributed by atoms with Crippen molar-refractivity contribution >= 4 is 23.4 Å². The van der Waals surface area contributed by atoms with E-state index in [1.807, 2.05) is 54.8 Å².